The van der Waals surface area contributed by atoms with Crippen LogP contribution in [0.4, 0.5) is 11.6 Å². The summed E-state index contributed by atoms with van der Waals surface area (Å²) in [6, 6.07) is 1.96. The van der Waals surface area contributed by atoms with Crippen molar-refractivity contribution in [1.29, 1.82) is 0 Å². The van der Waals surface area contributed by atoms with Crippen LogP contribution in [0.1, 0.15) is 18.2 Å². The van der Waals surface area contributed by atoms with Gasteiger partial charge in [-0.2, -0.15) is 5.10 Å². The summed E-state index contributed by atoms with van der Waals surface area (Å²) in [5, 5.41) is 9.87. The van der Waals surface area contributed by atoms with Crippen molar-refractivity contribution >= 4 is 11.6 Å². The van der Waals surface area contributed by atoms with Crippen molar-refractivity contribution in [2.24, 2.45) is 0 Å². The topological polar surface area (TPSA) is 82.6 Å². The lowest BCUT2D eigenvalue weighted by atomic mass is 10.1. The van der Waals surface area contributed by atoms with E-state index >= 15 is 0 Å². The highest BCUT2D eigenvalue weighted by molar-refractivity contribution is 5.49. The molecule has 0 amide bonds. The first-order valence-corrected chi connectivity index (χ1v) is 5.97. The number of hydrogen-bond donors (Lipinski definition) is 2. The maximum absolute atomic E-state index is 4.31. The van der Waals surface area contributed by atoms with Crippen LogP contribution in [0.25, 0.3) is 0 Å². The summed E-state index contributed by atoms with van der Waals surface area (Å²) in [5.74, 6) is 3.15. The number of aromatic nitrogens is 5. The van der Waals surface area contributed by atoms with E-state index in [-0.39, 0.29) is 0 Å². The fourth-order valence-corrected chi connectivity index (χ4v) is 2.26. The van der Waals surface area contributed by atoms with Gasteiger partial charge < -0.3 is 10.2 Å². The molecule has 3 rings (SSSR count). The molecule has 1 saturated heterocycles. The number of anilines is 2. The molecule has 7 heteroatoms. The van der Waals surface area contributed by atoms with Gasteiger partial charge in [0.2, 0.25) is 0 Å². The van der Waals surface area contributed by atoms with Crippen LogP contribution >= 0.6 is 0 Å². The minimum atomic E-state index is 0.403. The molecule has 1 aliphatic rings. The third kappa shape index (κ3) is 1.99. The number of hydrogen-bond acceptors (Lipinski definition) is 6. The third-order valence-electron chi connectivity index (χ3n) is 3.24. The van der Waals surface area contributed by atoms with Crippen LogP contribution in [0.15, 0.2) is 18.7 Å². The van der Waals surface area contributed by atoms with Gasteiger partial charge >= 0.3 is 0 Å². The number of nitrogens with one attached hydrogen (secondary N) is 2. The molecule has 0 radical (unpaired) electrons. The van der Waals surface area contributed by atoms with Gasteiger partial charge in [-0.05, 0) is 6.42 Å². The highest BCUT2D eigenvalue weighted by Crippen LogP contribution is 2.28. The van der Waals surface area contributed by atoms with E-state index in [1.807, 2.05) is 13.1 Å². The Bertz CT molecular complexity index is 510. The Morgan fingerprint density at radius 1 is 1.33 bits per heavy atom. The summed E-state index contributed by atoms with van der Waals surface area (Å²) in [4.78, 5) is 14.9. The quantitative estimate of drug-likeness (QED) is 0.825. The normalized spacial score (nSPS) is 19.2. The highest BCUT2D eigenvalue weighted by Gasteiger charge is 2.26. The fraction of sp³-hybridized carbons (Fsp3) is 0.455. The van der Waals surface area contributed by atoms with Crippen molar-refractivity contribution in [3.63, 3.8) is 0 Å². The first-order chi connectivity index (χ1) is 8.86. The van der Waals surface area contributed by atoms with E-state index < -0.39 is 0 Å². The van der Waals surface area contributed by atoms with Crippen LogP contribution in [0.2, 0.25) is 0 Å². The standard InChI is InChI=1S/C11H15N7/c1-12-9-4-10(14-6-13-9)18-3-2-8(5-18)11-15-7-16-17-11/h4,6-8H,2-3,5H2,1H3,(H,12,13,14)(H,15,16,17). The van der Waals surface area contributed by atoms with Gasteiger partial charge in [-0.3, -0.25) is 5.10 Å². The lowest BCUT2D eigenvalue weighted by Crippen LogP contribution is -2.20. The number of aromatic amines is 1. The zero-order valence-corrected chi connectivity index (χ0v) is 10.2. The van der Waals surface area contributed by atoms with Crippen LogP contribution in [-0.4, -0.2) is 45.3 Å². The molecule has 94 valence electrons. The Labute approximate surface area is 105 Å². The SMILES string of the molecule is CNc1cc(N2CCC(c3ncn[nH]3)C2)ncn1. The lowest BCUT2D eigenvalue weighted by molar-refractivity contribution is 0.713. The first kappa shape index (κ1) is 10.9. The Kier molecular flexibility index (Phi) is 2.79. The van der Waals surface area contributed by atoms with Crippen LogP contribution < -0.4 is 10.2 Å². The van der Waals surface area contributed by atoms with Gasteiger partial charge in [0.15, 0.2) is 0 Å². The summed E-state index contributed by atoms with van der Waals surface area (Å²) in [6.45, 7) is 1.89. The molecule has 2 aromatic heterocycles. The summed E-state index contributed by atoms with van der Waals surface area (Å²) in [6.07, 6.45) is 4.21. The van der Waals surface area contributed by atoms with Crippen molar-refractivity contribution in [3.8, 4) is 0 Å². The number of H-pyrrole nitrogens is 1. The van der Waals surface area contributed by atoms with Gasteiger partial charge in [-0.15, -0.1) is 0 Å². The summed E-state index contributed by atoms with van der Waals surface area (Å²) < 4.78 is 0. The van der Waals surface area contributed by atoms with Gasteiger partial charge in [0.1, 0.15) is 30.1 Å². The second-order valence-corrected chi connectivity index (χ2v) is 4.31. The average molecular weight is 245 g/mol. The maximum atomic E-state index is 4.31. The molecule has 7 nitrogen and oxygen atoms in total. The largest absolute Gasteiger partial charge is 0.373 e. The van der Waals surface area contributed by atoms with E-state index in [1.165, 1.54) is 0 Å². The Morgan fingerprint density at radius 2 is 2.28 bits per heavy atom. The Balaban J connectivity index is 1.75. The average Bonchev–Trinajstić information content (AvgIpc) is 3.09. The van der Waals surface area contributed by atoms with Gasteiger partial charge in [0, 0.05) is 32.1 Å². The van der Waals surface area contributed by atoms with E-state index in [9.17, 15) is 0 Å². The van der Waals surface area contributed by atoms with Gasteiger partial charge in [-0.1, -0.05) is 0 Å². The van der Waals surface area contributed by atoms with Crippen molar-refractivity contribution in [3.05, 3.63) is 24.5 Å². The molecule has 0 bridgehead atoms. The predicted molar refractivity (Wildman–Crippen MR) is 67.5 cm³/mol. The zero-order chi connectivity index (χ0) is 12.4. The molecule has 1 aliphatic heterocycles. The monoisotopic (exact) mass is 245 g/mol. The zero-order valence-electron chi connectivity index (χ0n) is 10.2. The van der Waals surface area contributed by atoms with Gasteiger partial charge in [-0.25, -0.2) is 15.0 Å². The first-order valence-electron chi connectivity index (χ1n) is 5.97. The highest BCUT2D eigenvalue weighted by atomic mass is 15.2. The molecule has 2 aromatic rings. The lowest BCUT2D eigenvalue weighted by Gasteiger charge is -2.17. The van der Waals surface area contributed by atoms with E-state index in [2.05, 4.69) is 35.4 Å². The third-order valence-corrected chi connectivity index (χ3v) is 3.24. The summed E-state index contributed by atoms with van der Waals surface area (Å²) in [5.41, 5.74) is 0. The van der Waals surface area contributed by atoms with E-state index in [1.54, 1.807) is 12.7 Å². The molecule has 0 aromatic carbocycles. The molecular formula is C11H15N7. The minimum absolute atomic E-state index is 0.403. The molecule has 3 heterocycles. The Hall–Kier alpha value is -2.18. The second kappa shape index (κ2) is 4.59. The van der Waals surface area contributed by atoms with Crippen LogP contribution in [0, 0.1) is 0 Å². The molecular weight excluding hydrogens is 230 g/mol. The molecule has 2 N–H and O–H groups in total. The van der Waals surface area contributed by atoms with Crippen LogP contribution in [0.5, 0.6) is 0 Å². The van der Waals surface area contributed by atoms with Gasteiger partial charge in [0.25, 0.3) is 0 Å². The molecule has 0 saturated carbocycles. The van der Waals surface area contributed by atoms with Crippen LogP contribution in [-0.2, 0) is 0 Å². The van der Waals surface area contributed by atoms with Crippen LogP contribution in [0.3, 0.4) is 0 Å². The van der Waals surface area contributed by atoms with E-state index in [0.29, 0.717) is 5.92 Å². The smallest absolute Gasteiger partial charge is 0.137 e. The van der Waals surface area contributed by atoms with E-state index in [0.717, 1.165) is 37.0 Å². The molecule has 1 unspecified atom stereocenters. The van der Waals surface area contributed by atoms with Gasteiger partial charge in [0.05, 0.1) is 0 Å². The fourth-order valence-electron chi connectivity index (χ4n) is 2.26. The summed E-state index contributed by atoms with van der Waals surface area (Å²) >= 11 is 0. The maximum Gasteiger partial charge on any atom is 0.137 e. The number of rotatable bonds is 3. The van der Waals surface area contributed by atoms with Crippen molar-refractivity contribution in [1.82, 2.24) is 25.1 Å². The van der Waals surface area contributed by atoms with Crippen molar-refractivity contribution in [2.75, 3.05) is 30.4 Å². The molecule has 0 aliphatic carbocycles. The predicted octanol–water partition coefficient (Wildman–Crippen LogP) is 0.630. The molecule has 1 atom stereocenters. The van der Waals surface area contributed by atoms with Crippen molar-refractivity contribution < 1.29 is 0 Å². The molecule has 0 spiro atoms. The minimum Gasteiger partial charge on any atom is -0.373 e. The van der Waals surface area contributed by atoms with Crippen molar-refractivity contribution in [2.45, 2.75) is 12.3 Å². The Morgan fingerprint density at radius 3 is 3.06 bits per heavy atom. The number of nitrogens with zero attached hydrogens (tertiary/aromatic N) is 5. The van der Waals surface area contributed by atoms with E-state index in [4.69, 9.17) is 0 Å². The molecule has 18 heavy (non-hydrogen) atoms. The second-order valence-electron chi connectivity index (χ2n) is 4.31. The molecule has 1 fully saturated rings. The summed E-state index contributed by atoms with van der Waals surface area (Å²) in [7, 11) is 1.85.